The lowest BCUT2D eigenvalue weighted by Crippen LogP contribution is -2.09. The first kappa shape index (κ1) is 17.7. The zero-order valence-corrected chi connectivity index (χ0v) is 16.2. The number of fused-ring (bicyclic) bond motifs is 1. The molecule has 0 atom stereocenters. The van der Waals surface area contributed by atoms with Gasteiger partial charge in [0.15, 0.2) is 0 Å². The van der Waals surface area contributed by atoms with Crippen molar-refractivity contribution in [2.24, 2.45) is 0 Å². The van der Waals surface area contributed by atoms with Crippen LogP contribution in [0.5, 0.6) is 0 Å². The predicted octanol–water partition coefficient (Wildman–Crippen LogP) is 4.74. The molecule has 2 aromatic carbocycles. The predicted molar refractivity (Wildman–Crippen MR) is 110 cm³/mol. The summed E-state index contributed by atoms with van der Waals surface area (Å²) in [4.78, 5) is 8.85. The third-order valence-corrected chi connectivity index (χ3v) is 5.04. The van der Waals surface area contributed by atoms with E-state index in [4.69, 9.17) is 0 Å². The van der Waals surface area contributed by atoms with Gasteiger partial charge in [-0.2, -0.15) is 4.98 Å². The summed E-state index contributed by atoms with van der Waals surface area (Å²) in [7, 11) is 0. The second-order valence-electron chi connectivity index (χ2n) is 6.33. The highest BCUT2D eigenvalue weighted by molar-refractivity contribution is 9.10. The minimum absolute atomic E-state index is 0.186. The molecule has 0 spiro atoms. The molecule has 0 bridgehead atoms. The molecule has 1 aliphatic rings. The average molecular weight is 428 g/mol. The Morgan fingerprint density at radius 3 is 2.96 bits per heavy atom. The van der Waals surface area contributed by atoms with Crippen molar-refractivity contribution in [2.75, 3.05) is 29.0 Å². The Morgan fingerprint density at radius 2 is 2.07 bits per heavy atom. The fraction of sp³-hybridized carbons (Fsp3) is 0.200. The summed E-state index contributed by atoms with van der Waals surface area (Å²) < 4.78 is 14.5. The highest BCUT2D eigenvalue weighted by Gasteiger charge is 2.11. The van der Waals surface area contributed by atoms with E-state index in [2.05, 4.69) is 54.0 Å². The highest BCUT2D eigenvalue weighted by atomic mass is 79.9. The second kappa shape index (κ2) is 7.92. The quantitative estimate of drug-likeness (QED) is 0.529. The van der Waals surface area contributed by atoms with Crippen LogP contribution >= 0.6 is 15.9 Å². The van der Waals surface area contributed by atoms with Crippen LogP contribution in [-0.2, 0) is 12.8 Å². The van der Waals surface area contributed by atoms with Crippen LogP contribution in [0.3, 0.4) is 0 Å². The summed E-state index contributed by atoms with van der Waals surface area (Å²) in [6.45, 7) is 1.55. The molecule has 0 amide bonds. The van der Waals surface area contributed by atoms with Crippen LogP contribution in [0.2, 0.25) is 0 Å². The van der Waals surface area contributed by atoms with Gasteiger partial charge >= 0.3 is 0 Å². The van der Waals surface area contributed by atoms with Gasteiger partial charge in [0, 0.05) is 30.7 Å². The fourth-order valence-electron chi connectivity index (χ4n) is 3.08. The van der Waals surface area contributed by atoms with E-state index in [9.17, 15) is 4.39 Å². The Labute approximate surface area is 165 Å². The lowest BCUT2D eigenvalue weighted by molar-refractivity contribution is 0.610. The Hall–Kier alpha value is -2.67. The minimum atomic E-state index is -0.186. The van der Waals surface area contributed by atoms with Crippen molar-refractivity contribution in [3.8, 4) is 0 Å². The first-order valence-corrected chi connectivity index (χ1v) is 9.62. The molecule has 1 aromatic heterocycles. The molecular weight excluding hydrogens is 409 g/mol. The van der Waals surface area contributed by atoms with E-state index in [1.165, 1.54) is 17.3 Å². The maximum absolute atomic E-state index is 13.7. The van der Waals surface area contributed by atoms with Gasteiger partial charge < -0.3 is 16.0 Å². The maximum Gasteiger partial charge on any atom is 0.229 e. The molecule has 0 aliphatic carbocycles. The summed E-state index contributed by atoms with van der Waals surface area (Å²) in [6.07, 6.45) is 3.30. The number of anilines is 4. The van der Waals surface area contributed by atoms with Gasteiger partial charge in [0.2, 0.25) is 5.95 Å². The van der Waals surface area contributed by atoms with E-state index in [1.807, 2.05) is 12.1 Å². The van der Waals surface area contributed by atoms with Crippen molar-refractivity contribution in [1.29, 1.82) is 0 Å². The van der Waals surface area contributed by atoms with Crippen LogP contribution in [0.15, 0.2) is 53.1 Å². The van der Waals surface area contributed by atoms with Crippen LogP contribution < -0.4 is 16.0 Å². The molecule has 5 nitrogen and oxygen atoms in total. The first-order valence-electron chi connectivity index (χ1n) is 8.83. The molecule has 3 aromatic rings. The molecule has 138 valence electrons. The number of nitrogens with zero attached hydrogens (tertiary/aromatic N) is 2. The minimum Gasteiger partial charge on any atom is -0.384 e. The summed E-state index contributed by atoms with van der Waals surface area (Å²) in [5.74, 6) is 0.999. The molecular formula is C20H19BrFN5. The van der Waals surface area contributed by atoms with Gasteiger partial charge in [-0.3, -0.25) is 0 Å². The fourth-order valence-corrected chi connectivity index (χ4v) is 3.41. The van der Waals surface area contributed by atoms with Gasteiger partial charge in [-0.25, -0.2) is 9.37 Å². The molecule has 0 unspecified atom stereocenters. The van der Waals surface area contributed by atoms with Crippen LogP contribution in [0.4, 0.5) is 27.5 Å². The molecule has 0 saturated carbocycles. The summed E-state index contributed by atoms with van der Waals surface area (Å²) in [5, 5.41) is 9.84. The van der Waals surface area contributed by atoms with E-state index in [1.54, 1.807) is 18.3 Å². The molecule has 27 heavy (non-hydrogen) atoms. The third-order valence-electron chi connectivity index (χ3n) is 4.46. The van der Waals surface area contributed by atoms with Gasteiger partial charge in [-0.1, -0.05) is 18.2 Å². The van der Waals surface area contributed by atoms with Gasteiger partial charge in [-0.15, -0.1) is 0 Å². The Balaban J connectivity index is 1.42. The number of halogens is 2. The summed E-state index contributed by atoms with van der Waals surface area (Å²) in [6, 6.07) is 13.0. The second-order valence-corrected chi connectivity index (χ2v) is 7.19. The van der Waals surface area contributed by atoms with E-state index in [-0.39, 0.29) is 5.82 Å². The maximum atomic E-state index is 13.7. The van der Waals surface area contributed by atoms with Crippen molar-refractivity contribution in [3.63, 3.8) is 0 Å². The molecule has 0 saturated heterocycles. The van der Waals surface area contributed by atoms with E-state index < -0.39 is 0 Å². The van der Waals surface area contributed by atoms with Crippen molar-refractivity contribution >= 4 is 39.1 Å². The molecule has 3 N–H and O–H groups in total. The van der Waals surface area contributed by atoms with Gasteiger partial charge in [-0.05, 0) is 64.2 Å². The zero-order chi connectivity index (χ0) is 18.6. The van der Waals surface area contributed by atoms with Crippen LogP contribution in [0.1, 0.15) is 11.1 Å². The standard InChI is InChI=1S/C20H19BrFN5/c21-16-12-25-20(26-15-5-6-18-14(11-15)8-9-23-18)27-19(16)24-10-7-13-3-1-2-4-17(13)22/h1-6,11-12,23H,7-10H2,(H2,24,25,26,27). The van der Waals surface area contributed by atoms with Crippen LogP contribution in [0.25, 0.3) is 0 Å². The zero-order valence-electron chi connectivity index (χ0n) is 14.6. The monoisotopic (exact) mass is 427 g/mol. The van der Waals surface area contributed by atoms with Gasteiger partial charge in [0.05, 0.1) is 4.47 Å². The number of benzene rings is 2. The topological polar surface area (TPSA) is 61.9 Å². The lowest BCUT2D eigenvalue weighted by Gasteiger charge is -2.11. The highest BCUT2D eigenvalue weighted by Crippen LogP contribution is 2.27. The van der Waals surface area contributed by atoms with Crippen molar-refractivity contribution in [2.45, 2.75) is 12.8 Å². The molecule has 0 radical (unpaired) electrons. The lowest BCUT2D eigenvalue weighted by atomic mass is 10.1. The van der Waals surface area contributed by atoms with Crippen LogP contribution in [0, 0.1) is 5.82 Å². The Bertz CT molecular complexity index is 963. The van der Waals surface area contributed by atoms with Gasteiger partial charge in [0.25, 0.3) is 0 Å². The first-order chi connectivity index (χ1) is 13.2. The number of nitrogens with one attached hydrogen (secondary N) is 3. The SMILES string of the molecule is Fc1ccccc1CCNc1nc(Nc2ccc3c(c2)CCN3)ncc1Br. The molecule has 4 rings (SSSR count). The Kier molecular flexibility index (Phi) is 5.20. The number of hydrogen-bond donors (Lipinski definition) is 3. The van der Waals surface area contributed by atoms with Crippen molar-refractivity contribution < 1.29 is 4.39 Å². The Morgan fingerprint density at radius 1 is 1.19 bits per heavy atom. The number of rotatable bonds is 6. The van der Waals surface area contributed by atoms with Crippen molar-refractivity contribution in [1.82, 2.24) is 9.97 Å². The van der Waals surface area contributed by atoms with Crippen LogP contribution in [-0.4, -0.2) is 23.1 Å². The largest absolute Gasteiger partial charge is 0.384 e. The number of aromatic nitrogens is 2. The third kappa shape index (κ3) is 4.19. The normalized spacial score (nSPS) is 12.4. The molecule has 7 heteroatoms. The van der Waals surface area contributed by atoms with E-state index >= 15 is 0 Å². The van der Waals surface area contributed by atoms with E-state index in [0.29, 0.717) is 30.3 Å². The average Bonchev–Trinajstić information content (AvgIpc) is 3.13. The van der Waals surface area contributed by atoms with E-state index in [0.717, 1.165) is 23.1 Å². The van der Waals surface area contributed by atoms with Crippen molar-refractivity contribution in [3.05, 3.63) is 70.1 Å². The molecule has 2 heterocycles. The summed E-state index contributed by atoms with van der Waals surface area (Å²) >= 11 is 3.46. The molecule has 1 aliphatic heterocycles. The number of hydrogen-bond acceptors (Lipinski definition) is 5. The summed E-state index contributed by atoms with van der Waals surface area (Å²) in [5.41, 5.74) is 4.12. The smallest absolute Gasteiger partial charge is 0.229 e. The molecule has 0 fully saturated rings. The van der Waals surface area contributed by atoms with Gasteiger partial charge in [0.1, 0.15) is 11.6 Å².